The van der Waals surface area contributed by atoms with Crippen LogP contribution in [0.15, 0.2) is 73.6 Å². The van der Waals surface area contributed by atoms with Crippen LogP contribution in [0.25, 0.3) is 33.1 Å². The lowest BCUT2D eigenvalue weighted by atomic mass is 9.61. The summed E-state index contributed by atoms with van der Waals surface area (Å²) in [6.07, 6.45) is 10.5. The van der Waals surface area contributed by atoms with Gasteiger partial charge >= 0.3 is 0 Å². The first-order valence-corrected chi connectivity index (χ1v) is 10.6. The summed E-state index contributed by atoms with van der Waals surface area (Å²) in [5.41, 5.74) is 13.2. The number of hydrogen-bond donors (Lipinski definition) is 0. The van der Waals surface area contributed by atoms with Crippen LogP contribution in [-0.2, 0) is 0 Å². The number of rotatable bonds is 0. The molecule has 3 aromatic heterocycles. The predicted octanol–water partition coefficient (Wildman–Crippen LogP) is 4.50. The second-order valence-corrected chi connectivity index (χ2v) is 8.44. The average Bonchev–Trinajstić information content (AvgIpc) is 2.84. The third-order valence-electron chi connectivity index (χ3n) is 6.89. The van der Waals surface area contributed by atoms with Gasteiger partial charge in [0.05, 0.1) is 33.1 Å². The highest BCUT2D eigenvalue weighted by atomic mass is 14.8. The first-order valence-electron chi connectivity index (χ1n) is 10.6. The highest BCUT2D eigenvalue weighted by Crippen LogP contribution is 2.57. The van der Waals surface area contributed by atoms with Crippen LogP contribution in [-0.4, -0.2) is 29.9 Å². The minimum Gasteiger partial charge on any atom is -0.253 e. The highest BCUT2D eigenvalue weighted by Gasteiger charge is 2.42. The van der Waals surface area contributed by atoms with Crippen LogP contribution in [0.5, 0.6) is 0 Å². The van der Waals surface area contributed by atoms with Gasteiger partial charge in [0.2, 0.25) is 0 Å². The van der Waals surface area contributed by atoms with E-state index in [1.807, 2.05) is 0 Å². The molecule has 0 amide bonds. The zero-order valence-corrected chi connectivity index (χ0v) is 16.8. The van der Waals surface area contributed by atoms with E-state index in [4.69, 9.17) is 0 Å². The lowest BCUT2D eigenvalue weighted by Gasteiger charge is -2.42. The van der Waals surface area contributed by atoms with Gasteiger partial charge in [-0.1, -0.05) is 0 Å². The monoisotopic (exact) mass is 410 g/mol. The van der Waals surface area contributed by atoms with E-state index in [1.165, 1.54) is 33.4 Å². The Morgan fingerprint density at radius 1 is 0.312 bits per heavy atom. The quantitative estimate of drug-likeness (QED) is 0.366. The molecule has 0 spiro atoms. The molecule has 6 nitrogen and oxygen atoms in total. The second kappa shape index (κ2) is 5.68. The molecule has 9 rings (SSSR count). The maximum atomic E-state index is 4.58. The van der Waals surface area contributed by atoms with Crippen molar-refractivity contribution in [2.24, 2.45) is 0 Å². The topological polar surface area (TPSA) is 77.3 Å². The summed E-state index contributed by atoms with van der Waals surface area (Å²) in [5.74, 6) is 0.174. The Bertz CT molecular complexity index is 1420. The molecule has 32 heavy (non-hydrogen) atoms. The van der Waals surface area contributed by atoms with Crippen molar-refractivity contribution in [1.82, 2.24) is 29.9 Å². The number of fused-ring (bicyclic) bond motifs is 3. The van der Waals surface area contributed by atoms with Crippen LogP contribution in [0.1, 0.15) is 45.2 Å². The highest BCUT2D eigenvalue weighted by molar-refractivity contribution is 5.87. The third-order valence-corrected chi connectivity index (χ3v) is 6.89. The molecule has 148 valence electrons. The van der Waals surface area contributed by atoms with Gasteiger partial charge in [-0.3, -0.25) is 29.9 Å². The SMILES string of the molecule is c1cnc2cc3c(cc2n1)C1c2cc4nccnc4cc2C3c2cc3nccnc3cc21. The van der Waals surface area contributed by atoms with E-state index in [9.17, 15) is 0 Å². The molecule has 3 aliphatic carbocycles. The molecule has 0 saturated carbocycles. The van der Waals surface area contributed by atoms with Crippen molar-refractivity contribution in [2.45, 2.75) is 11.8 Å². The lowest BCUT2D eigenvalue weighted by Crippen LogP contribution is -2.28. The van der Waals surface area contributed by atoms with Crippen LogP contribution in [0.4, 0.5) is 0 Å². The van der Waals surface area contributed by atoms with E-state index in [-0.39, 0.29) is 11.8 Å². The number of hydrogen-bond acceptors (Lipinski definition) is 6. The Hall–Kier alpha value is -4.32. The van der Waals surface area contributed by atoms with Crippen molar-refractivity contribution < 1.29 is 0 Å². The maximum absolute atomic E-state index is 4.58. The molecule has 0 radical (unpaired) electrons. The van der Waals surface area contributed by atoms with Gasteiger partial charge in [0, 0.05) is 49.0 Å². The summed E-state index contributed by atoms with van der Waals surface area (Å²) >= 11 is 0. The Morgan fingerprint density at radius 3 is 0.688 bits per heavy atom. The van der Waals surface area contributed by atoms with Gasteiger partial charge in [0.1, 0.15) is 0 Å². The Labute approximate surface area is 182 Å². The fourth-order valence-electron chi connectivity index (χ4n) is 5.63. The van der Waals surface area contributed by atoms with Crippen LogP contribution in [0, 0.1) is 0 Å². The average molecular weight is 410 g/mol. The Kier molecular flexibility index (Phi) is 2.91. The van der Waals surface area contributed by atoms with Crippen molar-refractivity contribution in [2.75, 3.05) is 0 Å². The molecular weight excluding hydrogens is 396 g/mol. The van der Waals surface area contributed by atoms with Gasteiger partial charge in [0.25, 0.3) is 0 Å². The summed E-state index contributed by atoms with van der Waals surface area (Å²) in [7, 11) is 0. The fourth-order valence-corrected chi connectivity index (χ4v) is 5.63. The Morgan fingerprint density at radius 2 is 0.500 bits per heavy atom. The molecular formula is C26H14N6. The van der Waals surface area contributed by atoms with Crippen LogP contribution in [0.3, 0.4) is 0 Å². The molecule has 6 heteroatoms. The summed E-state index contributed by atoms with van der Waals surface area (Å²) in [6.45, 7) is 0. The predicted molar refractivity (Wildman–Crippen MR) is 121 cm³/mol. The molecule has 3 heterocycles. The van der Waals surface area contributed by atoms with Gasteiger partial charge in [-0.25, -0.2) is 0 Å². The number of benzene rings is 3. The normalized spacial score (nSPS) is 18.0. The molecule has 2 bridgehead atoms. The molecule has 0 unspecified atom stereocenters. The molecule has 0 atom stereocenters. The molecule has 0 N–H and O–H groups in total. The first-order chi connectivity index (χ1) is 15.8. The van der Waals surface area contributed by atoms with Crippen LogP contribution < -0.4 is 0 Å². The zero-order chi connectivity index (χ0) is 20.8. The van der Waals surface area contributed by atoms with E-state index in [0.29, 0.717) is 0 Å². The number of nitrogens with zero attached hydrogens (tertiary/aromatic N) is 6. The van der Waals surface area contributed by atoms with Crippen LogP contribution in [0.2, 0.25) is 0 Å². The standard InChI is InChI=1S/C26H14N6/c1-2-28-20-8-14-13(7-19(20)27-1)25-15-9-21-23(31-5-3-29-21)11-17(15)26(14)18-12-24-22(10-16(18)25)30-4-6-32-24/h1-12,25-26H. The second-order valence-electron chi connectivity index (χ2n) is 8.44. The van der Waals surface area contributed by atoms with Crippen molar-refractivity contribution in [3.05, 3.63) is 107 Å². The van der Waals surface area contributed by atoms with E-state index in [0.717, 1.165) is 33.1 Å². The van der Waals surface area contributed by atoms with E-state index >= 15 is 0 Å². The molecule has 0 aliphatic heterocycles. The van der Waals surface area contributed by atoms with Gasteiger partial charge in [-0.15, -0.1) is 0 Å². The van der Waals surface area contributed by atoms with Crippen molar-refractivity contribution in [1.29, 1.82) is 0 Å². The largest absolute Gasteiger partial charge is 0.253 e. The summed E-state index contributed by atoms with van der Waals surface area (Å²) in [6, 6.07) is 13.3. The summed E-state index contributed by atoms with van der Waals surface area (Å²) in [5, 5.41) is 0. The van der Waals surface area contributed by atoms with Crippen molar-refractivity contribution >= 4 is 33.1 Å². The number of aromatic nitrogens is 6. The Balaban J connectivity index is 1.52. The fraction of sp³-hybridized carbons (Fsp3) is 0.0769. The van der Waals surface area contributed by atoms with Crippen LogP contribution >= 0.6 is 0 Å². The third kappa shape index (κ3) is 1.99. The van der Waals surface area contributed by atoms with Crippen molar-refractivity contribution in [3.8, 4) is 0 Å². The van der Waals surface area contributed by atoms with Gasteiger partial charge in [-0.05, 0) is 69.8 Å². The molecule has 0 fully saturated rings. The summed E-state index contributed by atoms with van der Waals surface area (Å²) in [4.78, 5) is 27.5. The first kappa shape index (κ1) is 16.4. The molecule has 3 aliphatic rings. The molecule has 6 aromatic rings. The van der Waals surface area contributed by atoms with Gasteiger partial charge in [0.15, 0.2) is 0 Å². The minimum atomic E-state index is 0.0872. The minimum absolute atomic E-state index is 0.0872. The van der Waals surface area contributed by atoms with Gasteiger partial charge < -0.3 is 0 Å². The lowest BCUT2D eigenvalue weighted by molar-refractivity contribution is 0.758. The summed E-state index contributed by atoms with van der Waals surface area (Å²) < 4.78 is 0. The van der Waals surface area contributed by atoms with Gasteiger partial charge in [-0.2, -0.15) is 0 Å². The van der Waals surface area contributed by atoms with Crippen molar-refractivity contribution in [3.63, 3.8) is 0 Å². The van der Waals surface area contributed by atoms with E-state index in [1.54, 1.807) is 37.2 Å². The molecule has 3 aromatic carbocycles. The molecule has 0 saturated heterocycles. The van der Waals surface area contributed by atoms with E-state index in [2.05, 4.69) is 66.3 Å². The van der Waals surface area contributed by atoms with E-state index < -0.39 is 0 Å². The smallest absolute Gasteiger partial charge is 0.0890 e. The maximum Gasteiger partial charge on any atom is 0.0890 e. The zero-order valence-electron chi connectivity index (χ0n) is 16.8.